The molecule has 3 aromatic carbocycles. The van der Waals surface area contributed by atoms with Crippen molar-refractivity contribution >= 4 is 16.8 Å². The minimum absolute atomic E-state index is 0.142. The molecule has 32 heavy (non-hydrogen) atoms. The minimum atomic E-state index is -0.263. The molecule has 0 fully saturated rings. The van der Waals surface area contributed by atoms with Crippen molar-refractivity contribution in [1.82, 2.24) is 15.3 Å². The number of pyridine rings is 2. The van der Waals surface area contributed by atoms with Gasteiger partial charge in [-0.3, -0.25) is 9.78 Å². The third-order valence-electron chi connectivity index (χ3n) is 5.48. The quantitative estimate of drug-likeness (QED) is 0.394. The number of para-hydroxylation sites is 1. The van der Waals surface area contributed by atoms with Gasteiger partial charge in [0.05, 0.1) is 22.8 Å². The molecule has 1 N–H and O–H groups in total. The van der Waals surface area contributed by atoms with E-state index in [0.29, 0.717) is 5.56 Å². The van der Waals surface area contributed by atoms with Crippen LogP contribution in [0.15, 0.2) is 116 Å². The predicted octanol–water partition coefficient (Wildman–Crippen LogP) is 5.82. The summed E-state index contributed by atoms with van der Waals surface area (Å²) in [5, 5.41) is 4.08. The fourth-order valence-corrected chi connectivity index (χ4v) is 3.89. The van der Waals surface area contributed by atoms with Crippen molar-refractivity contribution in [3.63, 3.8) is 0 Å². The smallest absolute Gasteiger partial charge is 0.252 e. The number of hydrogen-bond donors (Lipinski definition) is 1. The Morgan fingerprint density at radius 2 is 1.31 bits per heavy atom. The first-order valence-electron chi connectivity index (χ1n) is 10.5. The van der Waals surface area contributed by atoms with Crippen LogP contribution in [0.5, 0.6) is 0 Å². The number of fused-ring (bicyclic) bond motifs is 1. The first kappa shape index (κ1) is 19.6. The summed E-state index contributed by atoms with van der Waals surface area (Å²) in [6.45, 7) is 0. The lowest BCUT2D eigenvalue weighted by atomic mass is 9.97. The lowest BCUT2D eigenvalue weighted by Gasteiger charge is -2.21. The van der Waals surface area contributed by atoms with Gasteiger partial charge in [0.2, 0.25) is 0 Å². The topological polar surface area (TPSA) is 54.9 Å². The van der Waals surface area contributed by atoms with Crippen LogP contribution in [-0.4, -0.2) is 15.9 Å². The predicted molar refractivity (Wildman–Crippen MR) is 127 cm³/mol. The second-order valence-electron chi connectivity index (χ2n) is 7.54. The van der Waals surface area contributed by atoms with Crippen LogP contribution in [0.4, 0.5) is 0 Å². The van der Waals surface area contributed by atoms with Gasteiger partial charge >= 0.3 is 0 Å². The van der Waals surface area contributed by atoms with E-state index in [1.54, 1.807) is 12.4 Å². The van der Waals surface area contributed by atoms with E-state index in [4.69, 9.17) is 4.98 Å². The number of carbonyl (C=O) groups is 1. The highest BCUT2D eigenvalue weighted by atomic mass is 16.1. The third kappa shape index (κ3) is 3.98. The maximum absolute atomic E-state index is 13.6. The second-order valence-corrected chi connectivity index (χ2v) is 7.54. The lowest BCUT2D eigenvalue weighted by molar-refractivity contribution is 0.0944. The van der Waals surface area contributed by atoms with Crippen molar-refractivity contribution in [2.24, 2.45) is 0 Å². The molecule has 0 aliphatic rings. The summed E-state index contributed by atoms with van der Waals surface area (Å²) in [6.07, 6.45) is 3.46. The zero-order chi connectivity index (χ0) is 21.8. The summed E-state index contributed by atoms with van der Waals surface area (Å²) >= 11 is 0. The Bertz CT molecular complexity index is 1310. The van der Waals surface area contributed by atoms with Gasteiger partial charge in [-0.2, -0.15) is 0 Å². The Balaban J connectivity index is 1.59. The van der Waals surface area contributed by atoms with Gasteiger partial charge in [0.1, 0.15) is 0 Å². The summed E-state index contributed by atoms with van der Waals surface area (Å²) in [7, 11) is 0. The van der Waals surface area contributed by atoms with E-state index in [1.165, 1.54) is 0 Å². The van der Waals surface area contributed by atoms with E-state index in [9.17, 15) is 4.79 Å². The van der Waals surface area contributed by atoms with Crippen LogP contribution in [0, 0.1) is 0 Å². The molecule has 0 unspecified atom stereocenters. The number of carbonyl (C=O) groups excluding carboxylic acids is 1. The molecule has 0 spiro atoms. The van der Waals surface area contributed by atoms with Crippen molar-refractivity contribution in [2.75, 3.05) is 0 Å². The summed E-state index contributed by atoms with van der Waals surface area (Å²) in [5.41, 5.74) is 5.09. The van der Waals surface area contributed by atoms with Crippen molar-refractivity contribution in [3.8, 4) is 11.3 Å². The monoisotopic (exact) mass is 415 g/mol. The first-order chi connectivity index (χ1) is 15.8. The molecule has 0 radical (unpaired) electrons. The van der Waals surface area contributed by atoms with Gasteiger partial charge < -0.3 is 5.32 Å². The van der Waals surface area contributed by atoms with E-state index in [1.807, 2.05) is 103 Å². The number of hydrogen-bond acceptors (Lipinski definition) is 3. The third-order valence-corrected chi connectivity index (χ3v) is 5.48. The van der Waals surface area contributed by atoms with Crippen LogP contribution >= 0.6 is 0 Å². The summed E-state index contributed by atoms with van der Waals surface area (Å²) < 4.78 is 0. The molecule has 1 amide bonds. The Hall–Kier alpha value is -4.31. The molecular formula is C28H21N3O. The number of benzene rings is 3. The molecule has 2 heterocycles. The molecule has 154 valence electrons. The number of nitrogens with one attached hydrogen (secondary N) is 1. The molecule has 0 saturated carbocycles. The molecule has 0 saturated heterocycles. The fraction of sp³-hybridized carbons (Fsp3) is 0.0357. The Morgan fingerprint density at radius 1 is 0.719 bits per heavy atom. The lowest BCUT2D eigenvalue weighted by Crippen LogP contribution is -2.29. The van der Waals surface area contributed by atoms with Gasteiger partial charge in [-0.15, -0.1) is 0 Å². The molecule has 0 aliphatic carbocycles. The van der Waals surface area contributed by atoms with Crippen LogP contribution < -0.4 is 5.32 Å². The molecular weight excluding hydrogens is 394 g/mol. The summed E-state index contributed by atoms with van der Waals surface area (Å²) in [5.74, 6) is -0.142. The van der Waals surface area contributed by atoms with Gasteiger partial charge in [0, 0.05) is 23.3 Å². The molecule has 0 atom stereocenters. The number of rotatable bonds is 5. The van der Waals surface area contributed by atoms with E-state index >= 15 is 0 Å². The number of nitrogens with zero attached hydrogens (tertiary/aromatic N) is 2. The first-order valence-corrected chi connectivity index (χ1v) is 10.5. The highest BCUT2D eigenvalue weighted by Gasteiger charge is 2.20. The normalized spacial score (nSPS) is 10.9. The van der Waals surface area contributed by atoms with Gasteiger partial charge in [0.15, 0.2) is 0 Å². The standard InChI is InChI=1S/C28H21N3O/c32-28(31-27(21-9-3-1-4-10-21)22-11-5-2-6-12-22)24-19-26(20-15-17-29-18-16-20)30-25-14-8-7-13-23(24)25/h1-19,27H,(H,31,32). The van der Waals surface area contributed by atoms with Crippen molar-refractivity contribution in [3.05, 3.63) is 132 Å². The van der Waals surface area contributed by atoms with E-state index in [0.717, 1.165) is 33.3 Å². The zero-order valence-corrected chi connectivity index (χ0v) is 17.3. The molecule has 2 aromatic heterocycles. The number of amides is 1. The van der Waals surface area contributed by atoms with E-state index in [-0.39, 0.29) is 11.9 Å². The molecule has 0 bridgehead atoms. The fourth-order valence-electron chi connectivity index (χ4n) is 3.89. The molecule has 0 aliphatic heterocycles. The summed E-state index contributed by atoms with van der Waals surface area (Å²) in [4.78, 5) is 22.5. The molecule has 5 aromatic rings. The average molecular weight is 415 g/mol. The maximum Gasteiger partial charge on any atom is 0.252 e. The van der Waals surface area contributed by atoms with Crippen molar-refractivity contribution in [1.29, 1.82) is 0 Å². The molecule has 5 rings (SSSR count). The SMILES string of the molecule is O=C(NC(c1ccccc1)c1ccccc1)c1cc(-c2ccncc2)nc2ccccc12. The van der Waals surface area contributed by atoms with Crippen LogP contribution in [0.25, 0.3) is 22.2 Å². The van der Waals surface area contributed by atoms with Gasteiger partial charge in [-0.05, 0) is 35.4 Å². The van der Waals surface area contributed by atoms with Crippen LogP contribution in [0.2, 0.25) is 0 Å². The Kier molecular flexibility index (Phi) is 5.41. The zero-order valence-electron chi connectivity index (χ0n) is 17.3. The second kappa shape index (κ2) is 8.82. The highest BCUT2D eigenvalue weighted by Crippen LogP contribution is 2.27. The van der Waals surface area contributed by atoms with Crippen LogP contribution in [-0.2, 0) is 0 Å². The van der Waals surface area contributed by atoms with Gasteiger partial charge in [-0.25, -0.2) is 4.98 Å². The van der Waals surface area contributed by atoms with E-state index < -0.39 is 0 Å². The average Bonchev–Trinajstić information content (AvgIpc) is 2.88. The van der Waals surface area contributed by atoms with Crippen LogP contribution in [0.3, 0.4) is 0 Å². The van der Waals surface area contributed by atoms with Gasteiger partial charge in [-0.1, -0.05) is 78.9 Å². The molecule has 4 nitrogen and oxygen atoms in total. The van der Waals surface area contributed by atoms with E-state index in [2.05, 4.69) is 10.3 Å². The summed E-state index contributed by atoms with van der Waals surface area (Å²) in [6, 6.07) is 33.2. The Labute approximate surface area is 186 Å². The highest BCUT2D eigenvalue weighted by molar-refractivity contribution is 6.07. The Morgan fingerprint density at radius 3 is 1.97 bits per heavy atom. The largest absolute Gasteiger partial charge is 0.341 e. The minimum Gasteiger partial charge on any atom is -0.341 e. The van der Waals surface area contributed by atoms with Crippen LogP contribution in [0.1, 0.15) is 27.5 Å². The van der Waals surface area contributed by atoms with Crippen molar-refractivity contribution < 1.29 is 4.79 Å². The number of aromatic nitrogens is 2. The van der Waals surface area contributed by atoms with Crippen molar-refractivity contribution in [2.45, 2.75) is 6.04 Å². The van der Waals surface area contributed by atoms with Gasteiger partial charge in [0.25, 0.3) is 5.91 Å². The molecule has 4 heteroatoms. The maximum atomic E-state index is 13.6.